The highest BCUT2D eigenvalue weighted by atomic mass is 16.1. The van der Waals surface area contributed by atoms with E-state index in [9.17, 15) is 20.1 Å². The van der Waals surface area contributed by atoms with Crippen molar-refractivity contribution in [2.75, 3.05) is 0 Å². The smallest absolute Gasteiger partial charge is 0.196 e. The molecule has 4 heteroatoms. The first-order valence-corrected chi connectivity index (χ1v) is 7.88. The van der Waals surface area contributed by atoms with E-state index in [2.05, 4.69) is 5.92 Å². The number of rotatable bonds is 0. The van der Waals surface area contributed by atoms with Crippen molar-refractivity contribution in [1.82, 2.24) is 0 Å². The van der Waals surface area contributed by atoms with E-state index in [0.717, 1.165) is 5.57 Å². The summed E-state index contributed by atoms with van der Waals surface area (Å²) >= 11 is 0. The number of allylic oxidation sites excluding steroid dienone is 6. The van der Waals surface area contributed by atoms with Gasteiger partial charge in [0, 0.05) is 11.3 Å². The van der Waals surface area contributed by atoms with E-state index in [1.54, 1.807) is 12.2 Å². The Morgan fingerprint density at radius 1 is 1.21 bits per heavy atom. The zero-order chi connectivity index (χ0) is 17.7. The van der Waals surface area contributed by atoms with E-state index in [1.807, 2.05) is 26.0 Å². The molecular formula is C20H16N2O2. The maximum atomic E-state index is 12.4. The van der Waals surface area contributed by atoms with E-state index in [1.165, 1.54) is 6.08 Å². The minimum absolute atomic E-state index is 0.0142. The molecule has 3 aliphatic carbocycles. The van der Waals surface area contributed by atoms with Gasteiger partial charge in [-0.1, -0.05) is 25.8 Å². The molecule has 4 unspecified atom stereocenters. The molecule has 0 aromatic heterocycles. The molecule has 1 saturated carbocycles. The molecule has 0 N–H and O–H groups in total. The van der Waals surface area contributed by atoms with Crippen molar-refractivity contribution in [2.24, 2.45) is 22.7 Å². The van der Waals surface area contributed by atoms with Crippen LogP contribution in [0.2, 0.25) is 0 Å². The molecule has 1 fully saturated rings. The van der Waals surface area contributed by atoms with Gasteiger partial charge in [0.1, 0.15) is 12.1 Å². The third kappa shape index (κ3) is 1.85. The fourth-order valence-electron chi connectivity index (χ4n) is 4.58. The summed E-state index contributed by atoms with van der Waals surface area (Å²) in [7, 11) is 0. The molecule has 0 aromatic rings. The minimum atomic E-state index is -0.804. The summed E-state index contributed by atoms with van der Waals surface area (Å²) in [5.74, 6) is 1.95. The molecule has 0 bridgehead atoms. The molecule has 24 heavy (non-hydrogen) atoms. The van der Waals surface area contributed by atoms with Crippen molar-refractivity contribution in [3.8, 4) is 24.5 Å². The van der Waals surface area contributed by atoms with Crippen LogP contribution in [0, 0.1) is 57.7 Å². The van der Waals surface area contributed by atoms with Crippen LogP contribution in [0.1, 0.15) is 26.7 Å². The third-order valence-electron chi connectivity index (χ3n) is 5.84. The van der Waals surface area contributed by atoms with Crippen LogP contribution in [0.3, 0.4) is 0 Å². The molecule has 3 rings (SSSR count). The summed E-state index contributed by atoms with van der Waals surface area (Å²) in [5.41, 5.74) is -0.539. The predicted molar refractivity (Wildman–Crippen MR) is 86.8 cm³/mol. The van der Waals surface area contributed by atoms with Crippen molar-refractivity contribution in [3.63, 3.8) is 0 Å². The molecule has 0 heterocycles. The minimum Gasteiger partial charge on any atom is -0.293 e. The summed E-state index contributed by atoms with van der Waals surface area (Å²) in [6.45, 7) is 3.77. The zero-order valence-corrected chi connectivity index (χ0v) is 13.6. The van der Waals surface area contributed by atoms with Crippen LogP contribution >= 0.6 is 0 Å². The van der Waals surface area contributed by atoms with Crippen LogP contribution in [0.4, 0.5) is 0 Å². The lowest BCUT2D eigenvalue weighted by Crippen LogP contribution is -2.49. The molecule has 118 valence electrons. The maximum absolute atomic E-state index is 12.4. The highest BCUT2D eigenvalue weighted by Crippen LogP contribution is 2.60. The van der Waals surface area contributed by atoms with E-state index < -0.39 is 10.8 Å². The fraction of sp³-hybridized carbons (Fsp3) is 0.400. The van der Waals surface area contributed by atoms with Gasteiger partial charge in [-0.25, -0.2) is 0 Å². The summed E-state index contributed by atoms with van der Waals surface area (Å²) in [6.07, 6.45) is 11.8. The first-order valence-electron chi connectivity index (χ1n) is 7.88. The predicted octanol–water partition coefficient (Wildman–Crippen LogP) is 2.65. The van der Waals surface area contributed by atoms with Crippen LogP contribution in [-0.4, -0.2) is 11.6 Å². The van der Waals surface area contributed by atoms with Gasteiger partial charge in [-0.2, -0.15) is 10.5 Å². The number of terminal acetylenes is 1. The van der Waals surface area contributed by atoms with E-state index in [0.29, 0.717) is 12.8 Å². The number of carbonyl (C=O) groups is 2. The summed E-state index contributed by atoms with van der Waals surface area (Å²) in [5, 5.41) is 18.5. The van der Waals surface area contributed by atoms with Crippen LogP contribution < -0.4 is 0 Å². The number of nitrogens with zero attached hydrogens (tertiary/aromatic N) is 2. The standard InChI is InChI=1S/C20H16N2O2/c1-4-20-6-5-15-12(2)18(24)14(11-22)8-19(15,3)17(20)7-16(23)13(9-20)10-21/h1,7-9,12,15H,5-6H2,2-3H3. The van der Waals surface area contributed by atoms with Gasteiger partial charge >= 0.3 is 0 Å². The molecule has 0 aliphatic heterocycles. The average molecular weight is 316 g/mol. The Balaban J connectivity index is 2.27. The number of Topliss-reactive ketones (excluding diaryl/α,β-unsaturated/α-hetero) is 1. The Hall–Kier alpha value is -2.90. The lowest BCUT2D eigenvalue weighted by atomic mass is 9.48. The summed E-state index contributed by atoms with van der Waals surface area (Å²) < 4.78 is 0. The van der Waals surface area contributed by atoms with Gasteiger partial charge in [0.15, 0.2) is 11.6 Å². The number of ketones is 2. The quantitative estimate of drug-likeness (QED) is 0.643. The van der Waals surface area contributed by atoms with Gasteiger partial charge in [-0.3, -0.25) is 9.59 Å². The van der Waals surface area contributed by atoms with Crippen molar-refractivity contribution in [1.29, 1.82) is 10.5 Å². The van der Waals surface area contributed by atoms with Gasteiger partial charge in [0.25, 0.3) is 0 Å². The molecule has 3 aliphatic rings. The second-order valence-corrected chi connectivity index (χ2v) is 6.96. The lowest BCUT2D eigenvalue weighted by molar-refractivity contribution is -0.122. The first kappa shape index (κ1) is 16.0. The molecule has 0 aromatic carbocycles. The fourth-order valence-corrected chi connectivity index (χ4v) is 4.58. The third-order valence-corrected chi connectivity index (χ3v) is 5.84. The van der Waals surface area contributed by atoms with Crippen LogP contribution in [-0.2, 0) is 9.59 Å². The van der Waals surface area contributed by atoms with Gasteiger partial charge < -0.3 is 0 Å². The highest BCUT2D eigenvalue weighted by Gasteiger charge is 2.55. The topological polar surface area (TPSA) is 81.7 Å². The number of carbonyl (C=O) groups excluding carboxylic acids is 2. The Bertz CT molecular complexity index is 884. The van der Waals surface area contributed by atoms with Crippen molar-refractivity contribution in [3.05, 3.63) is 34.9 Å². The monoisotopic (exact) mass is 316 g/mol. The average Bonchev–Trinajstić information content (AvgIpc) is 2.58. The Morgan fingerprint density at radius 2 is 1.88 bits per heavy atom. The molecule has 0 saturated heterocycles. The zero-order valence-electron chi connectivity index (χ0n) is 13.6. The first-order chi connectivity index (χ1) is 11.3. The molecular weight excluding hydrogens is 300 g/mol. The lowest BCUT2D eigenvalue weighted by Gasteiger charge is -2.53. The molecule has 0 radical (unpaired) electrons. The normalized spacial score (nSPS) is 37.5. The van der Waals surface area contributed by atoms with E-state index in [4.69, 9.17) is 6.42 Å². The SMILES string of the molecule is C#CC12C=C(C#N)C(=O)C=C1C1(C)C=C(C#N)C(=O)C(C)C1CC2. The largest absolute Gasteiger partial charge is 0.293 e. The summed E-state index contributed by atoms with van der Waals surface area (Å²) in [4.78, 5) is 24.6. The van der Waals surface area contributed by atoms with Gasteiger partial charge in [-0.05, 0) is 36.5 Å². The van der Waals surface area contributed by atoms with Crippen molar-refractivity contribution in [2.45, 2.75) is 26.7 Å². The van der Waals surface area contributed by atoms with Crippen molar-refractivity contribution >= 4 is 11.6 Å². The van der Waals surface area contributed by atoms with Crippen LogP contribution in [0.25, 0.3) is 0 Å². The van der Waals surface area contributed by atoms with Crippen LogP contribution in [0.5, 0.6) is 0 Å². The molecule has 0 amide bonds. The van der Waals surface area contributed by atoms with Crippen molar-refractivity contribution < 1.29 is 9.59 Å². The van der Waals surface area contributed by atoms with Gasteiger partial charge in [-0.15, -0.1) is 6.42 Å². The second kappa shape index (κ2) is 5.05. The Kier molecular flexibility index (Phi) is 3.36. The van der Waals surface area contributed by atoms with Crippen LogP contribution in [0.15, 0.2) is 34.9 Å². The molecule has 0 spiro atoms. The second-order valence-electron chi connectivity index (χ2n) is 6.96. The number of nitriles is 2. The molecule has 4 nitrogen and oxygen atoms in total. The number of hydrogen-bond acceptors (Lipinski definition) is 4. The van der Waals surface area contributed by atoms with E-state index in [-0.39, 0.29) is 34.5 Å². The Morgan fingerprint density at radius 3 is 2.46 bits per heavy atom. The highest BCUT2D eigenvalue weighted by molar-refractivity contribution is 6.09. The van der Waals surface area contributed by atoms with Gasteiger partial charge in [0.05, 0.1) is 16.6 Å². The maximum Gasteiger partial charge on any atom is 0.196 e. The van der Waals surface area contributed by atoms with Gasteiger partial charge in [0.2, 0.25) is 0 Å². The van der Waals surface area contributed by atoms with E-state index >= 15 is 0 Å². The Labute approximate surface area is 141 Å². The number of fused-ring (bicyclic) bond motifs is 3. The molecule has 4 atom stereocenters. The number of hydrogen-bond donors (Lipinski definition) is 0. The summed E-state index contributed by atoms with van der Waals surface area (Å²) in [6, 6.07) is 3.90.